The van der Waals surface area contributed by atoms with Crippen molar-refractivity contribution in [1.82, 2.24) is 20.5 Å². The largest absolute Gasteiger partial charge is 0.365 e. The predicted octanol–water partition coefficient (Wildman–Crippen LogP) is 6.75. The summed E-state index contributed by atoms with van der Waals surface area (Å²) in [5, 5.41) is 12.6. The minimum Gasteiger partial charge on any atom is -0.365 e. The highest BCUT2D eigenvalue weighted by atomic mass is 19.1. The van der Waals surface area contributed by atoms with Gasteiger partial charge in [0.1, 0.15) is 23.7 Å². The Morgan fingerprint density at radius 1 is 0.800 bits per heavy atom. The number of rotatable bonds is 10. The van der Waals surface area contributed by atoms with Gasteiger partial charge in [-0.3, -0.25) is 4.98 Å². The van der Waals surface area contributed by atoms with Crippen LogP contribution in [0.1, 0.15) is 34.2 Å². The minimum absolute atomic E-state index is 0.322. The summed E-state index contributed by atoms with van der Waals surface area (Å²) in [5.41, 5.74) is 2.89. The second-order valence-corrected chi connectivity index (χ2v) is 9.57. The van der Waals surface area contributed by atoms with Crippen molar-refractivity contribution in [3.63, 3.8) is 0 Å². The van der Waals surface area contributed by atoms with Gasteiger partial charge in [0.25, 0.3) is 0 Å². The van der Waals surface area contributed by atoms with E-state index in [9.17, 15) is 8.78 Å². The number of hydrogen-bond donors (Lipinski definition) is 0. The van der Waals surface area contributed by atoms with Crippen LogP contribution in [0, 0.1) is 18.1 Å². The fraction of sp³-hybridized carbons (Fsp3) is 0.129. The fourth-order valence-electron chi connectivity index (χ4n) is 5.11. The fourth-order valence-corrected chi connectivity index (χ4v) is 5.11. The molecule has 0 aliphatic heterocycles. The molecule has 6 rings (SSSR count). The summed E-state index contributed by atoms with van der Waals surface area (Å²) in [6.07, 6.45) is 9.48. The van der Waals surface area contributed by atoms with Crippen LogP contribution in [-0.2, 0) is 18.3 Å². The van der Waals surface area contributed by atoms with Crippen LogP contribution in [0.25, 0.3) is 11.3 Å². The zero-order valence-corrected chi connectivity index (χ0v) is 21.2. The Bertz CT molecular complexity index is 1640. The SMILES string of the molecule is Fc1ccc(CC(Cc2cccnc2)(c2ccno2)C([CH]c2cc(-c3ccc(F)cc3)on2)c2ccon2)cc1. The Kier molecular flexibility index (Phi) is 7.01. The summed E-state index contributed by atoms with van der Waals surface area (Å²) in [6.45, 7) is 0. The lowest BCUT2D eigenvalue weighted by molar-refractivity contribution is 0.249. The second kappa shape index (κ2) is 11.1. The molecule has 0 spiro atoms. The lowest BCUT2D eigenvalue weighted by Gasteiger charge is -2.38. The van der Waals surface area contributed by atoms with Crippen molar-refractivity contribution in [1.29, 1.82) is 0 Å². The predicted molar refractivity (Wildman–Crippen MR) is 141 cm³/mol. The van der Waals surface area contributed by atoms with Gasteiger partial charge in [-0.1, -0.05) is 33.7 Å². The number of nitrogens with zero attached hydrogens (tertiary/aromatic N) is 4. The maximum atomic E-state index is 13.9. The summed E-state index contributed by atoms with van der Waals surface area (Å²) in [6, 6.07) is 21.6. The first kappa shape index (κ1) is 25.4. The van der Waals surface area contributed by atoms with Crippen LogP contribution in [-0.4, -0.2) is 20.5 Å². The number of pyridine rings is 1. The first-order valence-electron chi connectivity index (χ1n) is 12.6. The average molecular weight is 538 g/mol. The quantitative estimate of drug-likeness (QED) is 0.191. The average Bonchev–Trinajstić information content (AvgIpc) is 3.77. The van der Waals surface area contributed by atoms with E-state index in [2.05, 4.69) is 20.5 Å². The maximum Gasteiger partial charge on any atom is 0.167 e. The van der Waals surface area contributed by atoms with Crippen molar-refractivity contribution in [3.8, 4) is 11.3 Å². The first-order valence-corrected chi connectivity index (χ1v) is 12.6. The molecule has 2 unspecified atom stereocenters. The van der Waals surface area contributed by atoms with Crippen molar-refractivity contribution in [3.05, 3.63) is 150 Å². The van der Waals surface area contributed by atoms with Gasteiger partial charge in [0, 0.05) is 53.9 Å². The van der Waals surface area contributed by atoms with E-state index in [-0.39, 0.29) is 11.6 Å². The van der Waals surface area contributed by atoms with Gasteiger partial charge in [0.15, 0.2) is 5.76 Å². The van der Waals surface area contributed by atoms with E-state index in [1.807, 2.05) is 24.6 Å². The third kappa shape index (κ3) is 5.31. The monoisotopic (exact) mass is 537 g/mol. The van der Waals surface area contributed by atoms with Gasteiger partial charge in [-0.15, -0.1) is 0 Å². The van der Waals surface area contributed by atoms with Crippen LogP contribution in [0.15, 0.2) is 117 Å². The minimum atomic E-state index is -0.816. The molecule has 4 aromatic heterocycles. The highest BCUT2D eigenvalue weighted by Crippen LogP contribution is 2.47. The molecule has 4 heterocycles. The van der Waals surface area contributed by atoms with Crippen molar-refractivity contribution in [2.45, 2.75) is 24.2 Å². The second-order valence-electron chi connectivity index (χ2n) is 9.57. The first-order chi connectivity index (χ1) is 19.6. The molecule has 40 heavy (non-hydrogen) atoms. The van der Waals surface area contributed by atoms with Crippen LogP contribution >= 0.6 is 0 Å². The van der Waals surface area contributed by atoms with Gasteiger partial charge < -0.3 is 13.6 Å². The van der Waals surface area contributed by atoms with Gasteiger partial charge in [-0.2, -0.15) is 0 Å². The molecule has 2 aromatic carbocycles. The Balaban J connectivity index is 1.48. The molecule has 0 N–H and O–H groups in total. The standard InChI is InChI=1S/C31H23F2N4O3/c32-24-7-3-21(4-8-24)18-31(30-11-14-35-40-30,19-22-2-1-13-34-20-22)27(28-12-15-38-37-28)16-26-17-29(39-36-26)23-5-9-25(33)10-6-23/h1-17,20,27H,18-19H2. The van der Waals surface area contributed by atoms with Crippen LogP contribution < -0.4 is 0 Å². The van der Waals surface area contributed by atoms with Gasteiger partial charge in [0.05, 0.1) is 17.6 Å². The number of halogens is 2. The highest BCUT2D eigenvalue weighted by Gasteiger charge is 2.46. The smallest absolute Gasteiger partial charge is 0.167 e. The molecule has 2 atom stereocenters. The zero-order chi connectivity index (χ0) is 27.4. The lowest BCUT2D eigenvalue weighted by atomic mass is 9.63. The Morgan fingerprint density at radius 3 is 2.25 bits per heavy atom. The molecule has 0 bridgehead atoms. The summed E-state index contributed by atoms with van der Waals surface area (Å²) < 4.78 is 44.1. The number of aromatic nitrogens is 4. The third-order valence-electron chi connectivity index (χ3n) is 6.97. The number of hydrogen-bond acceptors (Lipinski definition) is 7. The van der Waals surface area contributed by atoms with E-state index in [4.69, 9.17) is 13.6 Å². The van der Waals surface area contributed by atoms with Crippen molar-refractivity contribution < 1.29 is 22.4 Å². The molecule has 0 aliphatic carbocycles. The van der Waals surface area contributed by atoms with E-state index >= 15 is 0 Å². The molecule has 199 valence electrons. The summed E-state index contributed by atoms with van der Waals surface area (Å²) >= 11 is 0. The van der Waals surface area contributed by atoms with E-state index in [1.165, 1.54) is 30.5 Å². The summed E-state index contributed by atoms with van der Waals surface area (Å²) in [5.74, 6) is -0.0324. The van der Waals surface area contributed by atoms with E-state index < -0.39 is 11.3 Å². The van der Waals surface area contributed by atoms with Crippen LogP contribution in [0.2, 0.25) is 0 Å². The van der Waals surface area contributed by atoms with E-state index in [0.29, 0.717) is 41.3 Å². The molecule has 7 nitrogen and oxygen atoms in total. The normalized spacial score (nSPS) is 13.7. The van der Waals surface area contributed by atoms with Crippen LogP contribution in [0.5, 0.6) is 0 Å². The maximum absolute atomic E-state index is 13.9. The molecule has 0 amide bonds. The molecular formula is C31H23F2N4O3. The third-order valence-corrected chi connectivity index (χ3v) is 6.97. The van der Waals surface area contributed by atoms with Crippen LogP contribution in [0.4, 0.5) is 8.78 Å². The molecule has 0 saturated carbocycles. The molecule has 9 heteroatoms. The molecule has 0 fully saturated rings. The summed E-state index contributed by atoms with van der Waals surface area (Å²) in [7, 11) is 0. The van der Waals surface area contributed by atoms with E-state index in [0.717, 1.165) is 11.1 Å². The molecule has 0 aliphatic rings. The molecule has 1 radical (unpaired) electrons. The molecule has 0 saturated heterocycles. The summed E-state index contributed by atoms with van der Waals surface area (Å²) in [4.78, 5) is 4.32. The molecular weight excluding hydrogens is 514 g/mol. The van der Waals surface area contributed by atoms with Gasteiger partial charge in [0.2, 0.25) is 0 Å². The topological polar surface area (TPSA) is 91.0 Å². The van der Waals surface area contributed by atoms with Gasteiger partial charge >= 0.3 is 0 Å². The zero-order valence-electron chi connectivity index (χ0n) is 21.2. The van der Waals surface area contributed by atoms with Crippen molar-refractivity contribution in [2.75, 3.05) is 0 Å². The Hall–Kier alpha value is -4.92. The van der Waals surface area contributed by atoms with Crippen molar-refractivity contribution in [2.24, 2.45) is 0 Å². The number of benzene rings is 2. The molecule has 6 aromatic rings. The van der Waals surface area contributed by atoms with Crippen LogP contribution in [0.3, 0.4) is 0 Å². The van der Waals surface area contributed by atoms with E-state index in [1.54, 1.807) is 55.0 Å². The highest BCUT2D eigenvalue weighted by molar-refractivity contribution is 5.57. The Morgan fingerprint density at radius 2 is 1.57 bits per heavy atom. The van der Waals surface area contributed by atoms with Crippen molar-refractivity contribution >= 4 is 0 Å². The lowest BCUT2D eigenvalue weighted by Crippen LogP contribution is -2.39. The Labute approximate surface area is 228 Å². The van der Waals surface area contributed by atoms with Gasteiger partial charge in [-0.25, -0.2) is 8.78 Å². The van der Waals surface area contributed by atoms with Gasteiger partial charge in [-0.05, 0) is 66.4 Å².